The van der Waals surface area contributed by atoms with Crippen molar-refractivity contribution in [2.24, 2.45) is 5.16 Å². The summed E-state index contributed by atoms with van der Waals surface area (Å²) in [6.07, 6.45) is -9.00. The van der Waals surface area contributed by atoms with E-state index in [0.717, 1.165) is 24.3 Å². The molecule has 152 valence electrons. The van der Waals surface area contributed by atoms with Crippen LogP contribution in [0.3, 0.4) is 0 Å². The summed E-state index contributed by atoms with van der Waals surface area (Å²) in [6, 6.07) is 9.54. The van der Waals surface area contributed by atoms with E-state index in [1.807, 2.05) is 0 Å². The first-order valence-electron chi connectivity index (χ1n) is 8.40. The van der Waals surface area contributed by atoms with Crippen LogP contribution in [0.1, 0.15) is 47.9 Å². The number of benzene rings is 2. The molecule has 0 aliphatic carbocycles. The molecular weight excluding hydrogens is 384 g/mol. The van der Waals surface area contributed by atoms with E-state index in [4.69, 9.17) is 4.84 Å². The minimum Gasteiger partial charge on any atom is -0.399 e. The Bertz CT molecular complexity index is 776. The van der Waals surface area contributed by atoms with E-state index in [-0.39, 0.29) is 0 Å². The summed E-state index contributed by atoms with van der Waals surface area (Å²) in [5.74, 6) is -1.21. The van der Waals surface area contributed by atoms with E-state index >= 15 is 0 Å². The van der Waals surface area contributed by atoms with Crippen LogP contribution in [0.2, 0.25) is 0 Å². The van der Waals surface area contributed by atoms with Gasteiger partial charge in [0.05, 0.1) is 16.8 Å². The van der Waals surface area contributed by atoms with Gasteiger partial charge in [-0.05, 0) is 23.3 Å². The predicted octanol–water partition coefficient (Wildman–Crippen LogP) is 6.63. The minimum absolute atomic E-state index is 0.321. The molecule has 0 amide bonds. The molecular formula is C20H19F6NO. The smallest absolute Gasteiger partial charge is 0.399 e. The van der Waals surface area contributed by atoms with Crippen molar-refractivity contribution in [2.45, 2.75) is 38.0 Å². The van der Waals surface area contributed by atoms with Gasteiger partial charge in [0, 0.05) is 11.8 Å². The Hall–Kier alpha value is -2.51. The molecule has 2 aromatic carbocycles. The number of alkyl halides is 6. The second-order valence-electron chi connectivity index (χ2n) is 6.39. The number of halogens is 6. The van der Waals surface area contributed by atoms with Crippen LogP contribution < -0.4 is 0 Å². The molecule has 0 spiro atoms. The summed E-state index contributed by atoms with van der Waals surface area (Å²) >= 11 is 0. The summed E-state index contributed by atoms with van der Waals surface area (Å²) in [4.78, 5) is 4.83. The fraction of sp³-hybridized carbons (Fsp3) is 0.350. The maximum absolute atomic E-state index is 13.0. The molecule has 0 fully saturated rings. The van der Waals surface area contributed by atoms with Gasteiger partial charge in [-0.3, -0.25) is 0 Å². The molecule has 0 aliphatic rings. The lowest BCUT2D eigenvalue weighted by Gasteiger charge is -2.22. The Labute approximate surface area is 158 Å². The van der Waals surface area contributed by atoms with Crippen LogP contribution in [0.5, 0.6) is 0 Å². The van der Waals surface area contributed by atoms with Gasteiger partial charge in [-0.2, -0.15) is 26.3 Å². The maximum atomic E-state index is 13.0. The van der Waals surface area contributed by atoms with Gasteiger partial charge in [0.2, 0.25) is 0 Å². The SMILES string of the molecule is CON=C(C(C)c1cccc(C(F)(F)F)c1)C(C)c1cccc(C(F)(F)F)c1. The molecule has 2 nitrogen and oxygen atoms in total. The second kappa shape index (κ2) is 8.24. The van der Waals surface area contributed by atoms with E-state index in [9.17, 15) is 26.3 Å². The quantitative estimate of drug-likeness (QED) is 0.312. The minimum atomic E-state index is -4.50. The summed E-state index contributed by atoms with van der Waals surface area (Å²) in [5.41, 5.74) is -0.615. The zero-order chi connectivity index (χ0) is 21.1. The highest BCUT2D eigenvalue weighted by Crippen LogP contribution is 2.35. The molecule has 2 atom stereocenters. The molecule has 0 saturated carbocycles. The highest BCUT2D eigenvalue weighted by Gasteiger charge is 2.33. The Morgan fingerprint density at radius 2 is 1.18 bits per heavy atom. The first-order valence-corrected chi connectivity index (χ1v) is 8.40. The van der Waals surface area contributed by atoms with Gasteiger partial charge >= 0.3 is 12.4 Å². The fourth-order valence-corrected chi connectivity index (χ4v) is 2.95. The molecule has 8 heteroatoms. The molecule has 2 rings (SSSR count). The Kier molecular flexibility index (Phi) is 6.41. The number of rotatable bonds is 5. The van der Waals surface area contributed by atoms with Crippen molar-refractivity contribution in [3.63, 3.8) is 0 Å². The lowest BCUT2D eigenvalue weighted by Crippen LogP contribution is -2.19. The van der Waals surface area contributed by atoms with Crippen molar-refractivity contribution < 1.29 is 31.2 Å². The molecule has 0 bridgehead atoms. The molecule has 0 saturated heterocycles. The van der Waals surface area contributed by atoms with Crippen LogP contribution in [0.15, 0.2) is 53.7 Å². The summed E-state index contributed by atoms with van der Waals surface area (Å²) in [5, 5.41) is 3.91. The summed E-state index contributed by atoms with van der Waals surface area (Å²) in [6.45, 7) is 3.27. The molecule has 28 heavy (non-hydrogen) atoms. The first-order chi connectivity index (χ1) is 12.9. The molecule has 2 aromatic rings. The normalized spacial score (nSPS) is 14.3. The average Bonchev–Trinajstić information content (AvgIpc) is 2.64. The van der Waals surface area contributed by atoms with Gasteiger partial charge in [0.25, 0.3) is 0 Å². The largest absolute Gasteiger partial charge is 0.416 e. The maximum Gasteiger partial charge on any atom is 0.416 e. The van der Waals surface area contributed by atoms with E-state index in [0.29, 0.717) is 16.8 Å². The Balaban J connectivity index is 2.42. The van der Waals surface area contributed by atoms with Crippen molar-refractivity contribution in [1.29, 1.82) is 0 Å². The van der Waals surface area contributed by atoms with Crippen LogP contribution in [0.4, 0.5) is 26.3 Å². The molecule has 2 unspecified atom stereocenters. The van der Waals surface area contributed by atoms with Crippen molar-refractivity contribution in [2.75, 3.05) is 7.11 Å². The first kappa shape index (κ1) is 21.8. The highest BCUT2D eigenvalue weighted by molar-refractivity contribution is 5.95. The second-order valence-corrected chi connectivity index (χ2v) is 6.39. The van der Waals surface area contributed by atoms with Gasteiger partial charge in [0.15, 0.2) is 0 Å². The molecule has 0 aliphatic heterocycles. The Morgan fingerprint density at radius 1 is 0.786 bits per heavy atom. The van der Waals surface area contributed by atoms with E-state index in [1.54, 1.807) is 13.8 Å². The third kappa shape index (κ3) is 5.05. The van der Waals surface area contributed by atoms with Gasteiger partial charge in [-0.1, -0.05) is 55.4 Å². The lowest BCUT2D eigenvalue weighted by atomic mass is 9.84. The van der Waals surface area contributed by atoms with E-state index in [2.05, 4.69) is 5.16 Å². The van der Waals surface area contributed by atoms with Crippen molar-refractivity contribution in [3.8, 4) is 0 Å². The Morgan fingerprint density at radius 3 is 1.50 bits per heavy atom. The zero-order valence-corrected chi connectivity index (χ0v) is 15.4. The van der Waals surface area contributed by atoms with Crippen LogP contribution in [-0.2, 0) is 17.2 Å². The zero-order valence-electron chi connectivity index (χ0n) is 15.4. The van der Waals surface area contributed by atoms with Crippen LogP contribution in [-0.4, -0.2) is 12.8 Å². The third-order valence-corrected chi connectivity index (χ3v) is 4.51. The summed E-state index contributed by atoms with van der Waals surface area (Å²) in [7, 11) is 1.28. The van der Waals surface area contributed by atoms with Crippen molar-refractivity contribution >= 4 is 5.71 Å². The number of nitrogens with zero attached hydrogens (tertiary/aromatic N) is 1. The monoisotopic (exact) mass is 403 g/mol. The highest BCUT2D eigenvalue weighted by atomic mass is 19.4. The van der Waals surface area contributed by atoms with E-state index < -0.39 is 35.3 Å². The average molecular weight is 403 g/mol. The number of hydrogen-bond acceptors (Lipinski definition) is 2. The molecule has 0 N–H and O–H groups in total. The van der Waals surface area contributed by atoms with Gasteiger partial charge in [-0.25, -0.2) is 0 Å². The third-order valence-electron chi connectivity index (χ3n) is 4.51. The summed E-state index contributed by atoms with van der Waals surface area (Å²) < 4.78 is 78.0. The van der Waals surface area contributed by atoms with E-state index in [1.165, 1.54) is 31.4 Å². The number of oxime groups is 1. The lowest BCUT2D eigenvalue weighted by molar-refractivity contribution is -0.138. The van der Waals surface area contributed by atoms with Crippen LogP contribution >= 0.6 is 0 Å². The van der Waals surface area contributed by atoms with Gasteiger partial charge < -0.3 is 4.84 Å². The number of hydrogen-bond donors (Lipinski definition) is 0. The van der Waals surface area contributed by atoms with Crippen LogP contribution in [0, 0.1) is 0 Å². The molecule has 0 aromatic heterocycles. The fourth-order valence-electron chi connectivity index (χ4n) is 2.95. The molecule has 0 heterocycles. The predicted molar refractivity (Wildman–Crippen MR) is 94.2 cm³/mol. The standard InChI is InChI=1S/C20H19F6NO/c1-12(14-6-4-8-16(10-14)19(21,22)23)18(27-28-3)13(2)15-7-5-9-17(11-15)20(24,25)26/h4-13H,1-3H3. The molecule has 0 radical (unpaired) electrons. The van der Waals surface area contributed by atoms with Crippen molar-refractivity contribution in [1.82, 2.24) is 0 Å². The topological polar surface area (TPSA) is 21.6 Å². The van der Waals surface area contributed by atoms with Crippen molar-refractivity contribution in [3.05, 3.63) is 70.8 Å². The van der Waals surface area contributed by atoms with Crippen LogP contribution in [0.25, 0.3) is 0 Å². The van der Waals surface area contributed by atoms with Gasteiger partial charge in [-0.15, -0.1) is 0 Å². The van der Waals surface area contributed by atoms with Gasteiger partial charge in [0.1, 0.15) is 7.11 Å².